The van der Waals surface area contributed by atoms with Crippen LogP contribution in [-0.4, -0.2) is 41.5 Å². The fraction of sp³-hybridized carbons (Fsp3) is 0.0714. The average molecular weight is 557 g/mol. The van der Waals surface area contributed by atoms with Crippen molar-refractivity contribution in [2.24, 2.45) is 0 Å². The molecule has 0 radical (unpaired) electrons. The smallest absolute Gasteiger partial charge is 0.274 e. The number of rotatable bonds is 8. The number of phenolic OH excluding ortho intramolecular Hbond substituents is 1. The van der Waals surface area contributed by atoms with Gasteiger partial charge >= 0.3 is 0 Å². The second-order valence-electron chi connectivity index (χ2n) is 8.71. The first kappa shape index (κ1) is 26.4. The second kappa shape index (κ2) is 10.9. The van der Waals surface area contributed by atoms with Crippen molar-refractivity contribution in [3.63, 3.8) is 0 Å². The first-order chi connectivity index (χ1) is 19.2. The zero-order chi connectivity index (χ0) is 28.3. The second-order valence-corrected chi connectivity index (χ2v) is 10.4. The van der Waals surface area contributed by atoms with Crippen molar-refractivity contribution in [2.75, 3.05) is 22.5 Å². The molecule has 3 aromatic carbocycles. The number of pyridine rings is 1. The van der Waals surface area contributed by atoms with Crippen molar-refractivity contribution in [3.8, 4) is 11.5 Å². The van der Waals surface area contributed by atoms with E-state index >= 15 is 0 Å². The molecule has 0 spiro atoms. The van der Waals surface area contributed by atoms with E-state index in [1.54, 1.807) is 55.5 Å². The Hall–Kier alpha value is -5.23. The number of fused-ring (bicyclic) bond motifs is 1. The maximum Gasteiger partial charge on any atom is 0.274 e. The van der Waals surface area contributed by atoms with Crippen LogP contribution >= 0.6 is 0 Å². The molecule has 0 aliphatic heterocycles. The molecule has 5 rings (SSSR count). The molecule has 11 nitrogen and oxygen atoms in total. The quantitative estimate of drug-likeness (QED) is 0.210. The van der Waals surface area contributed by atoms with Crippen LogP contribution in [-0.2, 0) is 10.0 Å². The van der Waals surface area contributed by atoms with Crippen molar-refractivity contribution in [1.29, 1.82) is 0 Å². The third-order valence-corrected chi connectivity index (χ3v) is 7.15. The molecule has 0 unspecified atom stereocenters. The summed E-state index contributed by atoms with van der Waals surface area (Å²) in [5.74, 6) is -0.103. The van der Waals surface area contributed by atoms with Gasteiger partial charge in [0.1, 0.15) is 17.2 Å². The molecule has 40 heavy (non-hydrogen) atoms. The molecule has 2 heterocycles. The fourth-order valence-electron chi connectivity index (χ4n) is 3.91. The minimum Gasteiger partial charge on any atom is -0.508 e. The highest BCUT2D eigenvalue weighted by molar-refractivity contribution is 7.92. The summed E-state index contributed by atoms with van der Waals surface area (Å²) in [6, 6.07) is 20.8. The highest BCUT2D eigenvalue weighted by Crippen LogP contribution is 2.31. The Morgan fingerprint density at radius 3 is 2.35 bits per heavy atom. The van der Waals surface area contributed by atoms with Gasteiger partial charge in [0.05, 0.1) is 23.0 Å². The maximum atomic E-state index is 13.5. The molecule has 1 amide bonds. The number of hydrogen-bond donors (Lipinski definition) is 4. The van der Waals surface area contributed by atoms with Crippen LogP contribution in [0.4, 0.5) is 23.0 Å². The summed E-state index contributed by atoms with van der Waals surface area (Å²) >= 11 is 0. The molecular weight excluding hydrogens is 532 g/mol. The van der Waals surface area contributed by atoms with E-state index in [0.717, 1.165) is 0 Å². The van der Waals surface area contributed by atoms with Crippen molar-refractivity contribution in [2.45, 2.75) is 11.8 Å². The number of nitrogens with zero attached hydrogens (tertiary/aromatic N) is 3. The van der Waals surface area contributed by atoms with Crippen LogP contribution in [0.3, 0.4) is 0 Å². The highest BCUT2D eigenvalue weighted by Gasteiger charge is 2.21. The number of aryl methyl sites for hydroxylation is 1. The molecule has 2 aromatic heterocycles. The minimum absolute atomic E-state index is 0.0579. The van der Waals surface area contributed by atoms with Gasteiger partial charge in [-0.25, -0.2) is 18.4 Å². The van der Waals surface area contributed by atoms with E-state index in [2.05, 4.69) is 30.3 Å². The molecule has 0 saturated heterocycles. The third kappa shape index (κ3) is 5.76. The van der Waals surface area contributed by atoms with Gasteiger partial charge in [0, 0.05) is 35.8 Å². The average Bonchev–Trinajstić information content (AvgIpc) is 2.93. The third-order valence-electron chi connectivity index (χ3n) is 5.82. The number of nitrogens with one attached hydrogen (secondary N) is 3. The lowest BCUT2D eigenvalue weighted by molar-refractivity contribution is 0.102. The number of carbonyl (C=O) groups excluding carboxylic acids is 1. The zero-order valence-corrected chi connectivity index (χ0v) is 22.2. The Balaban J connectivity index is 1.47. The number of anilines is 4. The number of methoxy groups -OCH3 is 1. The SMILES string of the molecule is COc1cc(O)cc(Nc2nc3ccccc3nc2NS(=O)(=O)c2cccc(NC(=O)c3ncccc3C)c2)c1. The van der Waals surface area contributed by atoms with Crippen molar-refractivity contribution in [1.82, 2.24) is 15.0 Å². The predicted octanol–water partition coefficient (Wildman–Crippen LogP) is 4.84. The predicted molar refractivity (Wildman–Crippen MR) is 152 cm³/mol. The van der Waals surface area contributed by atoms with Crippen LogP contribution in [0.15, 0.2) is 90.0 Å². The van der Waals surface area contributed by atoms with Crippen LogP contribution in [0.2, 0.25) is 0 Å². The highest BCUT2D eigenvalue weighted by atomic mass is 32.2. The van der Waals surface area contributed by atoms with Crippen molar-refractivity contribution >= 4 is 50.0 Å². The molecule has 5 aromatic rings. The summed E-state index contributed by atoms with van der Waals surface area (Å²) in [6.45, 7) is 1.76. The molecule has 0 saturated carbocycles. The Kier molecular flexibility index (Phi) is 7.17. The number of carbonyl (C=O) groups is 1. The fourth-order valence-corrected chi connectivity index (χ4v) is 4.96. The van der Waals surface area contributed by atoms with Gasteiger partial charge < -0.3 is 20.5 Å². The Bertz CT molecular complexity index is 1850. The molecule has 0 fully saturated rings. The molecule has 12 heteroatoms. The van der Waals surface area contributed by atoms with E-state index in [9.17, 15) is 18.3 Å². The first-order valence-electron chi connectivity index (χ1n) is 12.0. The van der Waals surface area contributed by atoms with E-state index in [1.807, 2.05) is 0 Å². The van der Waals surface area contributed by atoms with Crippen molar-refractivity contribution in [3.05, 3.63) is 96.3 Å². The van der Waals surface area contributed by atoms with Crippen molar-refractivity contribution < 1.29 is 23.1 Å². The molecular formula is C28H24N6O5S. The lowest BCUT2D eigenvalue weighted by Gasteiger charge is -2.15. The number of sulfonamides is 1. The van der Waals surface area contributed by atoms with Gasteiger partial charge in [-0.05, 0) is 48.9 Å². The maximum absolute atomic E-state index is 13.5. The molecule has 0 aliphatic rings. The number of amides is 1. The van der Waals surface area contributed by atoms with Gasteiger partial charge in [-0.1, -0.05) is 24.3 Å². The van der Waals surface area contributed by atoms with Gasteiger partial charge in [0.25, 0.3) is 15.9 Å². The van der Waals surface area contributed by atoms with E-state index < -0.39 is 15.9 Å². The largest absolute Gasteiger partial charge is 0.508 e. The van der Waals surface area contributed by atoms with Crippen LogP contribution in [0.5, 0.6) is 11.5 Å². The van der Waals surface area contributed by atoms with Gasteiger partial charge in [-0.15, -0.1) is 0 Å². The van der Waals surface area contributed by atoms with E-state index in [-0.39, 0.29) is 33.7 Å². The number of aromatic hydroxyl groups is 1. The Labute approximate surface area is 230 Å². The summed E-state index contributed by atoms with van der Waals surface area (Å²) in [4.78, 5) is 25.7. The number of aromatic nitrogens is 3. The zero-order valence-electron chi connectivity index (χ0n) is 21.4. The van der Waals surface area contributed by atoms with Gasteiger partial charge in [0.2, 0.25) is 0 Å². The summed E-state index contributed by atoms with van der Waals surface area (Å²) in [5.41, 5.74) is 2.58. The number of benzene rings is 3. The molecule has 0 atom stereocenters. The lowest BCUT2D eigenvalue weighted by atomic mass is 10.2. The summed E-state index contributed by atoms with van der Waals surface area (Å²) in [5, 5.41) is 15.8. The summed E-state index contributed by atoms with van der Waals surface area (Å²) < 4.78 is 34.6. The van der Waals surface area contributed by atoms with E-state index in [1.165, 1.54) is 43.6 Å². The lowest BCUT2D eigenvalue weighted by Crippen LogP contribution is -2.18. The minimum atomic E-state index is -4.18. The van der Waals surface area contributed by atoms with E-state index in [4.69, 9.17) is 4.74 Å². The molecule has 0 bridgehead atoms. The number of para-hydroxylation sites is 2. The van der Waals surface area contributed by atoms with Gasteiger partial charge in [-0.2, -0.15) is 0 Å². The monoisotopic (exact) mass is 556 g/mol. The van der Waals surface area contributed by atoms with Crippen LogP contribution < -0.4 is 20.1 Å². The number of hydrogen-bond acceptors (Lipinski definition) is 9. The summed E-state index contributed by atoms with van der Waals surface area (Å²) in [7, 11) is -2.72. The molecule has 202 valence electrons. The topological polar surface area (TPSA) is 155 Å². The Morgan fingerprint density at radius 1 is 0.875 bits per heavy atom. The van der Waals surface area contributed by atoms with Gasteiger partial charge in [-0.3, -0.25) is 14.5 Å². The van der Waals surface area contributed by atoms with Gasteiger partial charge in [0.15, 0.2) is 11.6 Å². The van der Waals surface area contributed by atoms with Crippen LogP contribution in [0.1, 0.15) is 16.1 Å². The number of phenols is 1. The normalized spacial score (nSPS) is 11.2. The standard InChI is InChI=1S/C28H24N6O5S/c1-17-7-6-12-29-25(17)28(36)31-18-8-5-9-22(15-18)40(37,38)34-27-26(32-23-10-3-4-11-24(23)33-27)30-19-13-20(35)16-21(14-19)39-2/h3-16,35H,1-2H3,(H,30,32)(H,31,36)(H,33,34). The van der Waals surface area contributed by atoms with Crippen LogP contribution in [0, 0.1) is 6.92 Å². The van der Waals surface area contributed by atoms with Crippen LogP contribution in [0.25, 0.3) is 11.0 Å². The first-order valence-corrected chi connectivity index (χ1v) is 13.5. The molecule has 4 N–H and O–H groups in total. The Morgan fingerprint density at radius 2 is 1.62 bits per heavy atom. The van der Waals surface area contributed by atoms with E-state index in [0.29, 0.717) is 28.0 Å². The molecule has 0 aliphatic carbocycles. The summed E-state index contributed by atoms with van der Waals surface area (Å²) in [6.07, 6.45) is 1.51. The number of ether oxygens (including phenoxy) is 1.